The molecule has 28 heavy (non-hydrogen) atoms. The lowest BCUT2D eigenvalue weighted by molar-refractivity contribution is -0.137. The number of hydrogen-bond acceptors (Lipinski definition) is 5. The second-order valence-electron chi connectivity index (χ2n) is 6.85. The number of alkyl halides is 3. The maximum absolute atomic E-state index is 13.1. The molecule has 1 aromatic carbocycles. The minimum atomic E-state index is -4.76. The van der Waals surface area contributed by atoms with E-state index in [0.717, 1.165) is 25.8 Å². The molecule has 3 rings (SSSR count). The van der Waals surface area contributed by atoms with E-state index in [1.807, 2.05) is 0 Å². The van der Waals surface area contributed by atoms with Gasteiger partial charge in [-0.15, -0.1) is 10.2 Å². The number of carbonyl (C=O) groups is 1. The Labute approximate surface area is 160 Å². The van der Waals surface area contributed by atoms with E-state index in [1.165, 1.54) is 0 Å². The molecule has 1 N–H and O–H groups in total. The minimum Gasteiger partial charge on any atom is -0.317 e. The highest BCUT2D eigenvalue weighted by Crippen LogP contribution is 2.33. The fourth-order valence-electron chi connectivity index (χ4n) is 3.35. The first kappa shape index (κ1) is 20.5. The van der Waals surface area contributed by atoms with Gasteiger partial charge in [0.05, 0.1) is 10.5 Å². The molecule has 2 unspecified atom stereocenters. The number of aromatic nitrogens is 3. The summed E-state index contributed by atoms with van der Waals surface area (Å²) in [6.45, 7) is 1.09. The Bertz CT molecular complexity index is 959. The molecule has 2 atom stereocenters. The van der Waals surface area contributed by atoms with Gasteiger partial charge in [0.1, 0.15) is 12.7 Å². The molecule has 152 valence electrons. The number of ketones is 1. The smallest absolute Gasteiger partial charge is 0.317 e. The molecule has 0 amide bonds. The lowest BCUT2D eigenvalue weighted by Gasteiger charge is -2.30. The largest absolute Gasteiger partial charge is 0.416 e. The van der Waals surface area contributed by atoms with Gasteiger partial charge >= 0.3 is 6.18 Å². The molecular formula is C17H19F3N4O3S. The van der Waals surface area contributed by atoms with Crippen LogP contribution in [0.1, 0.15) is 54.6 Å². The Balaban J connectivity index is 1.86. The molecule has 0 bridgehead atoms. The number of nitrogens with one attached hydrogen (secondary N) is 1. The van der Waals surface area contributed by atoms with Crippen molar-refractivity contribution in [1.82, 2.24) is 19.5 Å². The van der Waals surface area contributed by atoms with Crippen molar-refractivity contribution in [2.75, 3.05) is 0 Å². The van der Waals surface area contributed by atoms with E-state index in [-0.39, 0.29) is 11.6 Å². The lowest BCUT2D eigenvalue weighted by atomic mass is 9.91. The fourth-order valence-corrected chi connectivity index (χ4v) is 4.70. The quantitative estimate of drug-likeness (QED) is 0.757. The SMILES string of the molecule is CC(=O)c1cc(C(F)(F)F)cc(S(=O)(=O)NC2CCCC(n3cnnc3)C2)c1. The van der Waals surface area contributed by atoms with Crippen LogP contribution >= 0.6 is 0 Å². The number of hydrogen-bond donors (Lipinski definition) is 1. The highest BCUT2D eigenvalue weighted by molar-refractivity contribution is 7.89. The summed E-state index contributed by atoms with van der Waals surface area (Å²) in [4.78, 5) is 11.0. The number of halogens is 3. The van der Waals surface area contributed by atoms with Crippen LogP contribution in [0.2, 0.25) is 0 Å². The van der Waals surface area contributed by atoms with Crippen molar-refractivity contribution in [3.05, 3.63) is 42.0 Å². The van der Waals surface area contributed by atoms with E-state index in [2.05, 4.69) is 14.9 Å². The van der Waals surface area contributed by atoms with Crippen LogP contribution in [0.15, 0.2) is 35.7 Å². The summed E-state index contributed by atoms with van der Waals surface area (Å²) in [5, 5.41) is 7.48. The molecule has 0 saturated heterocycles. The number of carbonyl (C=O) groups excluding carboxylic acids is 1. The third-order valence-electron chi connectivity index (χ3n) is 4.78. The molecule has 0 spiro atoms. The second kappa shape index (κ2) is 7.63. The van der Waals surface area contributed by atoms with Crippen LogP contribution in [0, 0.1) is 0 Å². The van der Waals surface area contributed by atoms with Gasteiger partial charge in [0.2, 0.25) is 10.0 Å². The van der Waals surface area contributed by atoms with Gasteiger partial charge in [-0.3, -0.25) is 4.79 Å². The molecule has 0 aliphatic heterocycles. The summed E-state index contributed by atoms with van der Waals surface area (Å²) in [6.07, 6.45) is 0.943. The maximum atomic E-state index is 13.1. The molecule has 11 heteroatoms. The van der Waals surface area contributed by atoms with Gasteiger partial charge in [-0.2, -0.15) is 13.2 Å². The molecule has 7 nitrogen and oxygen atoms in total. The summed E-state index contributed by atoms with van der Waals surface area (Å²) in [5.41, 5.74) is -1.48. The number of rotatable bonds is 5. The highest BCUT2D eigenvalue weighted by atomic mass is 32.2. The summed E-state index contributed by atoms with van der Waals surface area (Å²) in [7, 11) is -4.23. The number of benzene rings is 1. The number of nitrogens with zero attached hydrogens (tertiary/aromatic N) is 3. The lowest BCUT2D eigenvalue weighted by Crippen LogP contribution is -2.38. The van der Waals surface area contributed by atoms with Crippen molar-refractivity contribution in [3.8, 4) is 0 Å². The third-order valence-corrected chi connectivity index (χ3v) is 6.28. The van der Waals surface area contributed by atoms with E-state index in [1.54, 1.807) is 17.2 Å². The molecule has 1 heterocycles. The van der Waals surface area contributed by atoms with Gasteiger partial charge in [0, 0.05) is 17.6 Å². The molecule has 1 fully saturated rings. The summed E-state index contributed by atoms with van der Waals surface area (Å²) < 4.78 is 69.1. The zero-order valence-corrected chi connectivity index (χ0v) is 15.8. The van der Waals surface area contributed by atoms with Crippen LogP contribution < -0.4 is 4.72 Å². The van der Waals surface area contributed by atoms with Crippen molar-refractivity contribution >= 4 is 15.8 Å². The van der Waals surface area contributed by atoms with Crippen molar-refractivity contribution in [1.29, 1.82) is 0 Å². The van der Waals surface area contributed by atoms with Gasteiger partial charge in [-0.05, 0) is 50.8 Å². The molecule has 1 aromatic heterocycles. The molecule has 1 saturated carbocycles. The van der Waals surface area contributed by atoms with Crippen molar-refractivity contribution in [3.63, 3.8) is 0 Å². The topological polar surface area (TPSA) is 94.0 Å². The van der Waals surface area contributed by atoms with E-state index < -0.39 is 38.5 Å². The maximum Gasteiger partial charge on any atom is 0.416 e. The Kier molecular flexibility index (Phi) is 5.57. The first-order valence-corrected chi connectivity index (χ1v) is 10.1. The summed E-state index contributed by atoms with van der Waals surface area (Å²) >= 11 is 0. The Hall–Kier alpha value is -2.27. The first-order chi connectivity index (χ1) is 13.1. The molecule has 0 radical (unpaired) electrons. The summed E-state index contributed by atoms with van der Waals surface area (Å²) in [6, 6.07) is 1.74. The standard InChI is InChI=1S/C17H19F3N4O3S/c1-11(25)12-5-13(17(18,19)20)7-16(6-12)28(26,27)23-14-3-2-4-15(8-14)24-9-21-22-10-24/h5-7,9-10,14-15,23H,2-4,8H2,1H3. The molecular weight excluding hydrogens is 397 g/mol. The molecule has 1 aliphatic carbocycles. The first-order valence-electron chi connectivity index (χ1n) is 8.66. The van der Waals surface area contributed by atoms with E-state index >= 15 is 0 Å². The zero-order valence-electron chi connectivity index (χ0n) is 15.0. The van der Waals surface area contributed by atoms with E-state index in [9.17, 15) is 26.4 Å². The fraction of sp³-hybridized carbons (Fsp3) is 0.471. The summed E-state index contributed by atoms with van der Waals surface area (Å²) in [5.74, 6) is -0.645. The Morgan fingerprint density at radius 1 is 1.18 bits per heavy atom. The van der Waals surface area contributed by atoms with Crippen LogP contribution in [0.25, 0.3) is 0 Å². The number of sulfonamides is 1. The zero-order chi connectivity index (χ0) is 20.5. The second-order valence-corrected chi connectivity index (χ2v) is 8.56. The average molecular weight is 416 g/mol. The normalized spacial score (nSPS) is 20.9. The van der Waals surface area contributed by atoms with Gasteiger partial charge in [0.25, 0.3) is 0 Å². The van der Waals surface area contributed by atoms with Crippen molar-refractivity contribution in [2.24, 2.45) is 0 Å². The highest BCUT2D eigenvalue weighted by Gasteiger charge is 2.34. The van der Waals surface area contributed by atoms with Crippen LogP contribution in [0.5, 0.6) is 0 Å². The predicted molar refractivity (Wildman–Crippen MR) is 93.1 cm³/mol. The molecule has 1 aliphatic rings. The van der Waals surface area contributed by atoms with E-state index in [4.69, 9.17) is 0 Å². The average Bonchev–Trinajstić information content (AvgIpc) is 3.15. The van der Waals surface area contributed by atoms with E-state index in [0.29, 0.717) is 25.0 Å². The van der Waals surface area contributed by atoms with Gasteiger partial charge < -0.3 is 4.57 Å². The van der Waals surface area contributed by atoms with Crippen molar-refractivity contribution in [2.45, 2.75) is 55.8 Å². The minimum absolute atomic E-state index is 0.00531. The van der Waals surface area contributed by atoms with Crippen LogP contribution in [-0.4, -0.2) is 35.0 Å². The third kappa shape index (κ3) is 4.58. The predicted octanol–water partition coefficient (Wildman–Crippen LogP) is 2.96. The Morgan fingerprint density at radius 3 is 2.46 bits per heavy atom. The van der Waals surface area contributed by atoms with Crippen molar-refractivity contribution < 1.29 is 26.4 Å². The van der Waals surface area contributed by atoms with Crippen LogP contribution in [0.3, 0.4) is 0 Å². The van der Waals surface area contributed by atoms with Crippen LogP contribution in [0.4, 0.5) is 13.2 Å². The van der Waals surface area contributed by atoms with Crippen LogP contribution in [-0.2, 0) is 16.2 Å². The van der Waals surface area contributed by atoms with Gasteiger partial charge in [-0.25, -0.2) is 13.1 Å². The Morgan fingerprint density at radius 2 is 1.86 bits per heavy atom. The monoisotopic (exact) mass is 416 g/mol. The molecule has 2 aromatic rings. The van der Waals surface area contributed by atoms with Gasteiger partial charge in [-0.1, -0.05) is 0 Å². The van der Waals surface area contributed by atoms with Gasteiger partial charge in [0.15, 0.2) is 5.78 Å². The number of Topliss-reactive ketones (excluding diaryl/α,β-unsaturated/α-hetero) is 1.